The zero-order chi connectivity index (χ0) is 17.5. The predicted molar refractivity (Wildman–Crippen MR) is 92.1 cm³/mol. The van der Waals surface area contributed by atoms with Crippen molar-refractivity contribution in [2.45, 2.75) is 53.0 Å². The predicted octanol–water partition coefficient (Wildman–Crippen LogP) is 2.75. The SMILES string of the molecule is Cc1c(C)c(C)c(S(=O)(=O)NCc2cnn(C)c2C)c(C)c1C. The van der Waals surface area contributed by atoms with E-state index in [1.54, 1.807) is 10.9 Å². The van der Waals surface area contributed by atoms with E-state index in [2.05, 4.69) is 9.82 Å². The van der Waals surface area contributed by atoms with Crippen LogP contribution in [-0.2, 0) is 23.6 Å². The number of hydrogen-bond donors (Lipinski definition) is 1. The molecule has 1 aromatic heterocycles. The third-order valence-electron chi connectivity index (χ3n) is 4.99. The molecule has 1 heterocycles. The molecule has 5 nitrogen and oxygen atoms in total. The third kappa shape index (κ3) is 3.05. The largest absolute Gasteiger partial charge is 0.273 e. The second-order valence-corrected chi connectivity index (χ2v) is 7.86. The summed E-state index contributed by atoms with van der Waals surface area (Å²) in [5, 5.41) is 4.15. The highest BCUT2D eigenvalue weighted by atomic mass is 32.2. The standard InChI is InChI=1S/C17H25N3O2S/c1-10-11(2)13(4)17(14(5)12(10)3)23(21,22)19-9-16-8-18-20(7)15(16)6/h8,19H,9H2,1-7H3. The number of aromatic nitrogens is 2. The molecule has 0 aliphatic carbocycles. The van der Waals surface area contributed by atoms with Crippen LogP contribution >= 0.6 is 0 Å². The first-order valence-electron chi connectivity index (χ1n) is 7.62. The van der Waals surface area contributed by atoms with Gasteiger partial charge in [0, 0.05) is 24.8 Å². The van der Waals surface area contributed by atoms with Crippen LogP contribution in [0.1, 0.15) is 39.1 Å². The Labute approximate surface area is 138 Å². The van der Waals surface area contributed by atoms with Crippen LogP contribution in [0.5, 0.6) is 0 Å². The van der Waals surface area contributed by atoms with Gasteiger partial charge in [0.25, 0.3) is 0 Å². The van der Waals surface area contributed by atoms with Crippen LogP contribution in [0.25, 0.3) is 0 Å². The molecule has 0 radical (unpaired) electrons. The van der Waals surface area contributed by atoms with Gasteiger partial charge in [0.2, 0.25) is 10.0 Å². The minimum Gasteiger partial charge on any atom is -0.273 e. The van der Waals surface area contributed by atoms with Crippen LogP contribution in [0.3, 0.4) is 0 Å². The molecule has 0 fully saturated rings. The summed E-state index contributed by atoms with van der Waals surface area (Å²) in [5.41, 5.74) is 6.70. The molecule has 6 heteroatoms. The van der Waals surface area contributed by atoms with Gasteiger partial charge in [-0.3, -0.25) is 4.68 Å². The summed E-state index contributed by atoms with van der Waals surface area (Å²) in [6.07, 6.45) is 1.70. The molecule has 0 amide bonds. The molecule has 2 aromatic rings. The Morgan fingerprint density at radius 2 is 1.43 bits per heavy atom. The maximum Gasteiger partial charge on any atom is 0.241 e. The van der Waals surface area contributed by atoms with Crippen molar-refractivity contribution in [1.82, 2.24) is 14.5 Å². The van der Waals surface area contributed by atoms with Gasteiger partial charge in [-0.2, -0.15) is 5.10 Å². The number of nitrogens with one attached hydrogen (secondary N) is 1. The zero-order valence-electron chi connectivity index (χ0n) is 14.9. The smallest absolute Gasteiger partial charge is 0.241 e. The normalized spacial score (nSPS) is 12.0. The lowest BCUT2D eigenvalue weighted by Gasteiger charge is -2.19. The molecule has 0 atom stereocenters. The van der Waals surface area contributed by atoms with Gasteiger partial charge in [-0.15, -0.1) is 0 Å². The maximum absolute atomic E-state index is 12.8. The first kappa shape index (κ1) is 17.7. The van der Waals surface area contributed by atoms with Gasteiger partial charge < -0.3 is 0 Å². The topological polar surface area (TPSA) is 64.0 Å². The molecule has 126 valence electrons. The van der Waals surface area contributed by atoms with E-state index in [0.29, 0.717) is 4.90 Å². The summed E-state index contributed by atoms with van der Waals surface area (Å²) in [5.74, 6) is 0. The minimum atomic E-state index is -3.58. The van der Waals surface area contributed by atoms with Gasteiger partial charge >= 0.3 is 0 Å². The molecule has 0 aliphatic heterocycles. The number of aryl methyl sites for hydroxylation is 1. The van der Waals surface area contributed by atoms with E-state index >= 15 is 0 Å². The zero-order valence-corrected chi connectivity index (χ0v) is 15.7. The summed E-state index contributed by atoms with van der Waals surface area (Å²) in [7, 11) is -1.73. The highest BCUT2D eigenvalue weighted by molar-refractivity contribution is 7.89. The second kappa shape index (κ2) is 6.09. The Hall–Kier alpha value is -1.66. The summed E-state index contributed by atoms with van der Waals surface area (Å²) >= 11 is 0. The lowest BCUT2D eigenvalue weighted by molar-refractivity contribution is 0.579. The molecule has 23 heavy (non-hydrogen) atoms. The second-order valence-electron chi connectivity index (χ2n) is 6.16. The van der Waals surface area contributed by atoms with E-state index in [-0.39, 0.29) is 6.54 Å². The number of nitrogens with zero attached hydrogens (tertiary/aromatic N) is 2. The Balaban J connectivity index is 2.43. The van der Waals surface area contributed by atoms with E-state index in [0.717, 1.165) is 39.1 Å². The van der Waals surface area contributed by atoms with E-state index in [9.17, 15) is 8.42 Å². The van der Waals surface area contributed by atoms with Gasteiger partial charge in [0.15, 0.2) is 0 Å². The van der Waals surface area contributed by atoms with Gasteiger partial charge in [0.05, 0.1) is 11.1 Å². The summed E-state index contributed by atoms with van der Waals surface area (Å²) in [6.45, 7) is 11.9. The molecule has 0 bridgehead atoms. The molecule has 2 rings (SSSR count). The Bertz CT molecular complexity index is 835. The molecule has 0 saturated heterocycles. The minimum absolute atomic E-state index is 0.243. The molecular formula is C17H25N3O2S. The fourth-order valence-electron chi connectivity index (χ4n) is 2.83. The van der Waals surface area contributed by atoms with Crippen LogP contribution in [0, 0.1) is 41.5 Å². The van der Waals surface area contributed by atoms with E-state index in [4.69, 9.17) is 0 Å². The fraction of sp³-hybridized carbons (Fsp3) is 0.471. The summed E-state index contributed by atoms with van der Waals surface area (Å²) in [6, 6.07) is 0. The monoisotopic (exact) mass is 335 g/mol. The lowest BCUT2D eigenvalue weighted by atomic mass is 9.95. The third-order valence-corrected chi connectivity index (χ3v) is 6.66. The molecule has 0 saturated carbocycles. The molecular weight excluding hydrogens is 310 g/mol. The number of sulfonamides is 1. The molecule has 1 N–H and O–H groups in total. The van der Waals surface area contributed by atoms with E-state index in [1.807, 2.05) is 48.6 Å². The van der Waals surface area contributed by atoms with Crippen molar-refractivity contribution in [1.29, 1.82) is 0 Å². The molecule has 0 spiro atoms. The fourth-order valence-corrected chi connectivity index (χ4v) is 4.43. The maximum atomic E-state index is 12.8. The summed E-state index contributed by atoms with van der Waals surface area (Å²) < 4.78 is 30.1. The Morgan fingerprint density at radius 3 is 1.87 bits per heavy atom. The quantitative estimate of drug-likeness (QED) is 0.934. The van der Waals surface area contributed by atoms with Crippen molar-refractivity contribution in [2.75, 3.05) is 0 Å². The van der Waals surface area contributed by atoms with Crippen LogP contribution in [0.2, 0.25) is 0 Å². The average Bonchev–Trinajstić information content (AvgIpc) is 2.80. The van der Waals surface area contributed by atoms with Crippen LogP contribution in [0.4, 0.5) is 0 Å². The molecule has 0 unspecified atom stereocenters. The van der Waals surface area contributed by atoms with E-state index in [1.165, 1.54) is 0 Å². The molecule has 1 aromatic carbocycles. The Kier molecular flexibility index (Phi) is 4.69. The van der Waals surface area contributed by atoms with Crippen molar-refractivity contribution >= 4 is 10.0 Å². The first-order valence-corrected chi connectivity index (χ1v) is 9.10. The van der Waals surface area contributed by atoms with Crippen LogP contribution in [0.15, 0.2) is 11.1 Å². The van der Waals surface area contributed by atoms with Gasteiger partial charge in [-0.05, 0) is 69.4 Å². The van der Waals surface area contributed by atoms with Crippen molar-refractivity contribution < 1.29 is 8.42 Å². The van der Waals surface area contributed by atoms with Crippen LogP contribution < -0.4 is 4.72 Å². The van der Waals surface area contributed by atoms with Crippen molar-refractivity contribution in [3.05, 3.63) is 45.3 Å². The highest BCUT2D eigenvalue weighted by Gasteiger charge is 2.23. The van der Waals surface area contributed by atoms with Crippen LogP contribution in [-0.4, -0.2) is 18.2 Å². The average molecular weight is 335 g/mol. The van der Waals surface area contributed by atoms with E-state index < -0.39 is 10.0 Å². The van der Waals surface area contributed by atoms with Gasteiger partial charge in [-0.1, -0.05) is 0 Å². The van der Waals surface area contributed by atoms with Crippen molar-refractivity contribution in [3.63, 3.8) is 0 Å². The molecule has 0 aliphatic rings. The summed E-state index contributed by atoms with van der Waals surface area (Å²) in [4.78, 5) is 0.402. The first-order chi connectivity index (χ1) is 10.6. The van der Waals surface area contributed by atoms with Gasteiger partial charge in [0.1, 0.15) is 0 Å². The Morgan fingerprint density at radius 1 is 0.957 bits per heavy atom. The highest BCUT2D eigenvalue weighted by Crippen LogP contribution is 2.29. The number of hydrogen-bond acceptors (Lipinski definition) is 3. The van der Waals surface area contributed by atoms with Crippen molar-refractivity contribution in [2.24, 2.45) is 7.05 Å². The number of benzene rings is 1. The van der Waals surface area contributed by atoms with Crippen molar-refractivity contribution in [3.8, 4) is 0 Å². The van der Waals surface area contributed by atoms with Gasteiger partial charge in [-0.25, -0.2) is 13.1 Å². The lowest BCUT2D eigenvalue weighted by Crippen LogP contribution is -2.26. The number of rotatable bonds is 4.